The Balaban J connectivity index is 1.75. The van der Waals surface area contributed by atoms with Gasteiger partial charge < -0.3 is 24.6 Å². The van der Waals surface area contributed by atoms with Crippen molar-refractivity contribution < 1.29 is 19.1 Å². The molecule has 2 heterocycles. The molecule has 3 aliphatic rings. The second kappa shape index (κ2) is 11.0. The van der Waals surface area contributed by atoms with Gasteiger partial charge in [-0.15, -0.1) is 0 Å². The Bertz CT molecular complexity index is 617. The highest BCUT2D eigenvalue weighted by Gasteiger charge is 2.39. The molecule has 0 bridgehead atoms. The molecule has 0 aromatic heterocycles. The van der Waals surface area contributed by atoms with Gasteiger partial charge in [0.15, 0.2) is 6.10 Å². The van der Waals surface area contributed by atoms with Crippen LogP contribution >= 0.6 is 0 Å². The normalized spacial score (nSPS) is 24.7. The monoisotopic (exact) mass is 420 g/mol. The minimum absolute atomic E-state index is 0.00130. The third kappa shape index (κ3) is 6.08. The Hall–Kier alpha value is -1.85. The highest BCUT2D eigenvalue weighted by Crippen LogP contribution is 2.40. The Morgan fingerprint density at radius 3 is 2.67 bits per heavy atom. The Kier molecular flexibility index (Phi) is 8.34. The van der Waals surface area contributed by atoms with E-state index in [1.54, 1.807) is 9.80 Å². The smallest absolute Gasteiger partial charge is 0.410 e. The Morgan fingerprint density at radius 2 is 2.03 bits per heavy atom. The summed E-state index contributed by atoms with van der Waals surface area (Å²) in [4.78, 5) is 29.9. The molecule has 2 aliphatic heterocycles. The fourth-order valence-corrected chi connectivity index (χ4v) is 4.91. The van der Waals surface area contributed by atoms with Crippen LogP contribution in [0, 0.1) is 16.7 Å². The summed E-state index contributed by atoms with van der Waals surface area (Å²) in [6.45, 7) is 6.13. The van der Waals surface area contributed by atoms with Crippen molar-refractivity contribution in [2.75, 3.05) is 45.9 Å². The van der Waals surface area contributed by atoms with Gasteiger partial charge in [-0.2, -0.15) is 5.26 Å². The van der Waals surface area contributed by atoms with Crippen LogP contribution in [0.1, 0.15) is 58.3 Å². The lowest BCUT2D eigenvalue weighted by Crippen LogP contribution is -2.51. The average Bonchev–Trinajstić information content (AvgIpc) is 3.29. The van der Waals surface area contributed by atoms with Gasteiger partial charge in [-0.3, -0.25) is 4.79 Å². The number of carbonyl (C=O) groups excluding carboxylic acids is 2. The van der Waals surface area contributed by atoms with Crippen molar-refractivity contribution >= 4 is 12.0 Å². The summed E-state index contributed by atoms with van der Waals surface area (Å²) in [5, 5.41) is 12.4. The van der Waals surface area contributed by atoms with E-state index in [1.807, 2.05) is 0 Å². The van der Waals surface area contributed by atoms with Gasteiger partial charge in [0.25, 0.3) is 5.91 Å². The quantitative estimate of drug-likeness (QED) is 0.679. The molecular formula is C22H36N4O4. The van der Waals surface area contributed by atoms with Crippen LogP contribution in [0.25, 0.3) is 0 Å². The highest BCUT2D eigenvalue weighted by atomic mass is 16.6. The molecule has 2 saturated heterocycles. The van der Waals surface area contributed by atoms with E-state index in [2.05, 4.69) is 18.3 Å². The van der Waals surface area contributed by atoms with Gasteiger partial charge in [-0.1, -0.05) is 26.2 Å². The molecule has 1 N–H and O–H groups in total. The van der Waals surface area contributed by atoms with E-state index in [0.29, 0.717) is 39.3 Å². The molecule has 168 valence electrons. The molecule has 2 amide bonds. The minimum atomic E-state index is -0.803. The molecule has 8 heteroatoms. The lowest BCUT2D eigenvalue weighted by atomic mass is 9.72. The number of amides is 2. The molecule has 1 aliphatic carbocycles. The zero-order valence-electron chi connectivity index (χ0n) is 18.2. The van der Waals surface area contributed by atoms with Gasteiger partial charge in [0.1, 0.15) is 0 Å². The second-order valence-electron chi connectivity index (χ2n) is 9.13. The van der Waals surface area contributed by atoms with Gasteiger partial charge >= 0.3 is 6.09 Å². The summed E-state index contributed by atoms with van der Waals surface area (Å²) >= 11 is 0. The average molecular weight is 421 g/mol. The molecule has 0 aromatic carbocycles. The standard InChI is InChI=1S/C22H36N4O4/c1-22(7-3-2-4-8-22)16-19(30-21(28)25-12-14-29-15-13-25)20(27)26(11-5-9-23)18-6-10-24-17-18/h18-19,24H,2-8,10-17H2,1H3. The number of hydrogen-bond donors (Lipinski definition) is 1. The van der Waals surface area contributed by atoms with Crippen molar-refractivity contribution in [3.05, 3.63) is 0 Å². The van der Waals surface area contributed by atoms with Crippen LogP contribution < -0.4 is 5.32 Å². The number of carbonyl (C=O) groups is 2. The Morgan fingerprint density at radius 1 is 1.30 bits per heavy atom. The predicted molar refractivity (Wildman–Crippen MR) is 112 cm³/mol. The van der Waals surface area contributed by atoms with E-state index in [4.69, 9.17) is 14.7 Å². The SMILES string of the molecule is CC1(CC(OC(=O)N2CCOCC2)C(=O)N(CCC#N)C2CCNC2)CCCCC1. The third-order valence-corrected chi connectivity index (χ3v) is 6.75. The second-order valence-corrected chi connectivity index (χ2v) is 9.13. The van der Waals surface area contributed by atoms with E-state index in [-0.39, 0.29) is 23.8 Å². The van der Waals surface area contributed by atoms with Crippen LogP contribution in [0.5, 0.6) is 0 Å². The largest absolute Gasteiger partial charge is 0.436 e. The molecule has 3 rings (SSSR count). The van der Waals surface area contributed by atoms with Crippen molar-refractivity contribution in [2.24, 2.45) is 5.41 Å². The maximum atomic E-state index is 13.6. The molecule has 0 aromatic rings. The van der Waals surface area contributed by atoms with E-state index >= 15 is 0 Å². The van der Waals surface area contributed by atoms with Crippen LogP contribution in [0.15, 0.2) is 0 Å². The van der Waals surface area contributed by atoms with Crippen LogP contribution in [0.4, 0.5) is 4.79 Å². The molecule has 30 heavy (non-hydrogen) atoms. The number of ether oxygens (including phenoxy) is 2. The molecule has 3 fully saturated rings. The van der Waals surface area contributed by atoms with Gasteiger partial charge in [0.05, 0.1) is 25.7 Å². The van der Waals surface area contributed by atoms with Crippen LogP contribution in [0.3, 0.4) is 0 Å². The lowest BCUT2D eigenvalue weighted by molar-refractivity contribution is -0.145. The minimum Gasteiger partial charge on any atom is -0.436 e. The van der Waals surface area contributed by atoms with Crippen molar-refractivity contribution in [1.82, 2.24) is 15.1 Å². The van der Waals surface area contributed by atoms with Crippen molar-refractivity contribution in [3.63, 3.8) is 0 Å². The summed E-state index contributed by atoms with van der Waals surface area (Å²) in [5.74, 6) is -0.146. The van der Waals surface area contributed by atoms with Crippen LogP contribution in [-0.2, 0) is 14.3 Å². The molecule has 8 nitrogen and oxygen atoms in total. The summed E-state index contributed by atoms with van der Waals surface area (Å²) in [6, 6.07) is 2.20. The van der Waals surface area contributed by atoms with E-state index in [1.165, 1.54) is 6.42 Å². The summed E-state index contributed by atoms with van der Waals surface area (Å²) in [5.41, 5.74) is -0.00130. The molecule has 2 atom stereocenters. The summed E-state index contributed by atoms with van der Waals surface area (Å²) in [6.07, 6.45) is 6.09. The van der Waals surface area contributed by atoms with Crippen LogP contribution in [-0.4, -0.2) is 79.9 Å². The lowest BCUT2D eigenvalue weighted by Gasteiger charge is -2.39. The number of nitriles is 1. The topological polar surface area (TPSA) is 94.9 Å². The van der Waals surface area contributed by atoms with Gasteiger partial charge in [-0.25, -0.2) is 4.79 Å². The van der Waals surface area contributed by atoms with Crippen LogP contribution in [0.2, 0.25) is 0 Å². The highest BCUT2D eigenvalue weighted by molar-refractivity contribution is 5.84. The first kappa shape index (κ1) is 22.8. The first-order valence-corrected chi connectivity index (χ1v) is 11.4. The zero-order chi connectivity index (χ0) is 21.4. The number of morpholine rings is 1. The zero-order valence-corrected chi connectivity index (χ0v) is 18.2. The number of rotatable bonds is 7. The number of hydrogen-bond acceptors (Lipinski definition) is 6. The molecule has 0 radical (unpaired) electrons. The fraction of sp³-hybridized carbons (Fsp3) is 0.864. The molecule has 1 saturated carbocycles. The fourth-order valence-electron chi connectivity index (χ4n) is 4.91. The summed E-state index contributed by atoms with van der Waals surface area (Å²) in [7, 11) is 0. The molecule has 2 unspecified atom stereocenters. The third-order valence-electron chi connectivity index (χ3n) is 6.75. The first-order chi connectivity index (χ1) is 14.5. The van der Waals surface area contributed by atoms with E-state index in [0.717, 1.165) is 45.2 Å². The predicted octanol–water partition coefficient (Wildman–Crippen LogP) is 2.29. The number of nitrogens with zero attached hydrogens (tertiary/aromatic N) is 3. The van der Waals surface area contributed by atoms with Gasteiger partial charge in [0, 0.05) is 32.2 Å². The maximum Gasteiger partial charge on any atom is 0.410 e. The molecule has 0 spiro atoms. The van der Waals surface area contributed by atoms with E-state index < -0.39 is 12.2 Å². The van der Waals surface area contributed by atoms with Crippen molar-refractivity contribution in [1.29, 1.82) is 5.26 Å². The van der Waals surface area contributed by atoms with Gasteiger partial charge in [-0.05, 0) is 37.6 Å². The summed E-state index contributed by atoms with van der Waals surface area (Å²) < 4.78 is 11.2. The van der Waals surface area contributed by atoms with Crippen molar-refractivity contribution in [3.8, 4) is 6.07 Å². The Labute approximate surface area is 179 Å². The first-order valence-electron chi connectivity index (χ1n) is 11.4. The molecular weight excluding hydrogens is 384 g/mol. The van der Waals surface area contributed by atoms with E-state index in [9.17, 15) is 9.59 Å². The van der Waals surface area contributed by atoms with Gasteiger partial charge in [0.2, 0.25) is 0 Å². The maximum absolute atomic E-state index is 13.6. The number of nitrogens with one attached hydrogen (secondary N) is 1. The van der Waals surface area contributed by atoms with Crippen molar-refractivity contribution in [2.45, 2.75) is 70.4 Å².